The van der Waals surface area contributed by atoms with Gasteiger partial charge in [-0.05, 0) is 55.1 Å². The fraction of sp³-hybridized carbons (Fsp3) is 0.182. The number of oxazole rings is 1. The molecule has 0 aliphatic rings. The molecule has 0 radical (unpaired) electrons. The molecule has 0 atom stereocenters. The van der Waals surface area contributed by atoms with Gasteiger partial charge in [0.1, 0.15) is 11.6 Å². The van der Waals surface area contributed by atoms with Gasteiger partial charge in [0.05, 0.1) is 17.7 Å². The van der Waals surface area contributed by atoms with E-state index in [1.807, 2.05) is 19.1 Å². The van der Waals surface area contributed by atoms with E-state index >= 15 is 0 Å². The van der Waals surface area contributed by atoms with Gasteiger partial charge in [-0.1, -0.05) is 18.2 Å². The van der Waals surface area contributed by atoms with Gasteiger partial charge in [0.2, 0.25) is 11.8 Å². The molecular weight excluding hydrogens is 357 g/mol. The summed E-state index contributed by atoms with van der Waals surface area (Å²) in [6, 6.07) is 14.4. The normalized spacial score (nSPS) is 11.1. The second kappa shape index (κ2) is 7.31. The zero-order valence-electron chi connectivity index (χ0n) is 15.7. The number of carbonyl (C=O) groups excluding carboxylic acids is 1. The van der Waals surface area contributed by atoms with Crippen LogP contribution in [-0.4, -0.2) is 15.9 Å². The fourth-order valence-corrected chi connectivity index (χ4v) is 3.19. The number of amides is 1. The highest BCUT2D eigenvalue weighted by Gasteiger charge is 2.16. The second-order valence-corrected chi connectivity index (χ2v) is 6.83. The molecule has 1 amide bonds. The maximum Gasteiger partial charge on any atom is 0.229 e. The SMILES string of the molecule is Cc1cc2cc(CNC(=O)Cc3nc(-c4ccccc4F)oc3C)ccc2[nH]1. The summed E-state index contributed by atoms with van der Waals surface area (Å²) in [6.07, 6.45) is 0.0787. The lowest BCUT2D eigenvalue weighted by atomic mass is 10.1. The smallest absolute Gasteiger partial charge is 0.229 e. The quantitative estimate of drug-likeness (QED) is 0.540. The number of benzene rings is 2. The van der Waals surface area contributed by atoms with Crippen molar-refractivity contribution in [2.75, 3.05) is 0 Å². The van der Waals surface area contributed by atoms with Crippen molar-refractivity contribution >= 4 is 16.8 Å². The Morgan fingerprint density at radius 2 is 2.00 bits per heavy atom. The van der Waals surface area contributed by atoms with E-state index in [1.54, 1.807) is 25.1 Å². The molecule has 5 nitrogen and oxygen atoms in total. The van der Waals surface area contributed by atoms with Crippen LogP contribution in [0, 0.1) is 19.7 Å². The molecule has 142 valence electrons. The summed E-state index contributed by atoms with van der Waals surface area (Å²) in [5, 5.41) is 4.02. The molecule has 2 N–H and O–H groups in total. The first-order chi connectivity index (χ1) is 13.5. The minimum atomic E-state index is -0.407. The molecule has 28 heavy (non-hydrogen) atoms. The number of carbonyl (C=O) groups is 1. The van der Waals surface area contributed by atoms with Crippen LogP contribution in [0.2, 0.25) is 0 Å². The van der Waals surface area contributed by atoms with Gasteiger partial charge in [0.15, 0.2) is 0 Å². The van der Waals surface area contributed by atoms with Crippen LogP contribution in [0.1, 0.15) is 22.7 Å². The summed E-state index contributed by atoms with van der Waals surface area (Å²) in [4.78, 5) is 19.9. The van der Waals surface area contributed by atoms with E-state index in [0.717, 1.165) is 22.2 Å². The van der Waals surface area contributed by atoms with Gasteiger partial charge in [-0.3, -0.25) is 4.79 Å². The number of fused-ring (bicyclic) bond motifs is 1. The summed E-state index contributed by atoms with van der Waals surface area (Å²) in [5.74, 6) is 0.126. The van der Waals surface area contributed by atoms with Crippen molar-refractivity contribution in [3.05, 3.63) is 77.1 Å². The molecule has 0 unspecified atom stereocenters. The standard InChI is InChI=1S/C22H20FN3O2/c1-13-9-16-10-15(7-8-19(16)25-13)12-24-21(27)11-20-14(2)28-22(26-20)17-5-3-4-6-18(17)23/h3-10,25H,11-12H2,1-2H3,(H,24,27). The van der Waals surface area contributed by atoms with E-state index in [0.29, 0.717) is 18.0 Å². The Morgan fingerprint density at radius 3 is 2.82 bits per heavy atom. The number of hydrogen-bond acceptors (Lipinski definition) is 3. The summed E-state index contributed by atoms with van der Waals surface area (Å²) < 4.78 is 19.5. The molecule has 0 aliphatic heterocycles. The van der Waals surface area contributed by atoms with Crippen molar-refractivity contribution in [3.63, 3.8) is 0 Å². The molecule has 0 spiro atoms. The largest absolute Gasteiger partial charge is 0.441 e. The molecule has 0 saturated heterocycles. The molecule has 2 aromatic heterocycles. The van der Waals surface area contributed by atoms with Gasteiger partial charge in [-0.25, -0.2) is 9.37 Å². The first-order valence-electron chi connectivity index (χ1n) is 9.06. The molecule has 6 heteroatoms. The van der Waals surface area contributed by atoms with Crippen LogP contribution in [0.15, 0.2) is 52.9 Å². The monoisotopic (exact) mass is 377 g/mol. The Bertz CT molecular complexity index is 1160. The predicted octanol–water partition coefficient (Wildman–Crippen LogP) is 4.44. The molecule has 0 bridgehead atoms. The van der Waals surface area contributed by atoms with Crippen LogP contribution in [0.25, 0.3) is 22.4 Å². The highest BCUT2D eigenvalue weighted by atomic mass is 19.1. The third-order valence-electron chi connectivity index (χ3n) is 4.63. The number of nitrogens with zero attached hydrogens (tertiary/aromatic N) is 1. The molecule has 0 fully saturated rings. The number of hydrogen-bond donors (Lipinski definition) is 2. The van der Waals surface area contributed by atoms with Crippen molar-refractivity contribution in [1.29, 1.82) is 0 Å². The molecule has 4 aromatic rings. The number of aryl methyl sites for hydroxylation is 2. The first-order valence-corrected chi connectivity index (χ1v) is 9.06. The van der Waals surface area contributed by atoms with E-state index in [4.69, 9.17) is 4.42 Å². The summed E-state index contributed by atoms with van der Waals surface area (Å²) in [7, 11) is 0. The first kappa shape index (κ1) is 18.0. The lowest BCUT2D eigenvalue weighted by molar-refractivity contribution is -0.120. The van der Waals surface area contributed by atoms with Crippen molar-refractivity contribution in [2.45, 2.75) is 26.8 Å². The van der Waals surface area contributed by atoms with Gasteiger partial charge in [-0.2, -0.15) is 0 Å². The van der Waals surface area contributed by atoms with Crippen LogP contribution in [-0.2, 0) is 17.8 Å². The van der Waals surface area contributed by atoms with Gasteiger partial charge in [0.25, 0.3) is 0 Å². The minimum Gasteiger partial charge on any atom is -0.441 e. The van der Waals surface area contributed by atoms with Gasteiger partial charge < -0.3 is 14.7 Å². The number of H-pyrrole nitrogens is 1. The summed E-state index contributed by atoms with van der Waals surface area (Å²) >= 11 is 0. The van der Waals surface area contributed by atoms with Gasteiger partial charge >= 0.3 is 0 Å². The van der Waals surface area contributed by atoms with E-state index in [-0.39, 0.29) is 23.8 Å². The molecular formula is C22H20FN3O2. The Balaban J connectivity index is 1.42. The van der Waals surface area contributed by atoms with Crippen molar-refractivity contribution in [3.8, 4) is 11.5 Å². The number of aromatic nitrogens is 2. The Kier molecular flexibility index (Phi) is 4.69. The predicted molar refractivity (Wildman–Crippen MR) is 105 cm³/mol. The average Bonchev–Trinajstić information content (AvgIpc) is 3.21. The maximum absolute atomic E-state index is 13.9. The fourth-order valence-electron chi connectivity index (χ4n) is 3.19. The zero-order valence-corrected chi connectivity index (χ0v) is 15.7. The third-order valence-corrected chi connectivity index (χ3v) is 4.63. The van der Waals surface area contributed by atoms with Crippen molar-refractivity contribution in [2.24, 2.45) is 0 Å². The Hall–Kier alpha value is -3.41. The summed E-state index contributed by atoms with van der Waals surface area (Å²) in [6.45, 7) is 4.16. The molecule has 0 saturated carbocycles. The molecule has 0 aliphatic carbocycles. The van der Waals surface area contributed by atoms with Gasteiger partial charge in [-0.15, -0.1) is 0 Å². The van der Waals surface area contributed by atoms with E-state index in [9.17, 15) is 9.18 Å². The topological polar surface area (TPSA) is 70.9 Å². The van der Waals surface area contributed by atoms with Crippen LogP contribution >= 0.6 is 0 Å². The van der Waals surface area contributed by atoms with E-state index in [1.165, 1.54) is 6.07 Å². The van der Waals surface area contributed by atoms with Crippen molar-refractivity contribution < 1.29 is 13.6 Å². The number of halogens is 1. The van der Waals surface area contributed by atoms with Gasteiger partial charge in [0, 0.05) is 17.8 Å². The van der Waals surface area contributed by atoms with E-state index in [2.05, 4.69) is 27.4 Å². The zero-order chi connectivity index (χ0) is 19.7. The van der Waals surface area contributed by atoms with Crippen LogP contribution in [0.5, 0.6) is 0 Å². The summed E-state index contributed by atoms with van der Waals surface area (Å²) in [5.41, 5.74) is 3.98. The number of rotatable bonds is 5. The van der Waals surface area contributed by atoms with E-state index < -0.39 is 5.82 Å². The Morgan fingerprint density at radius 1 is 1.18 bits per heavy atom. The van der Waals surface area contributed by atoms with Crippen LogP contribution in [0.3, 0.4) is 0 Å². The second-order valence-electron chi connectivity index (χ2n) is 6.83. The average molecular weight is 377 g/mol. The number of aromatic amines is 1. The Labute approximate surface area is 161 Å². The van der Waals surface area contributed by atoms with Crippen LogP contribution < -0.4 is 5.32 Å². The lowest BCUT2D eigenvalue weighted by Crippen LogP contribution is -2.24. The lowest BCUT2D eigenvalue weighted by Gasteiger charge is -2.05. The molecule has 2 aromatic carbocycles. The minimum absolute atomic E-state index is 0.0787. The third kappa shape index (κ3) is 3.67. The highest BCUT2D eigenvalue weighted by Crippen LogP contribution is 2.24. The van der Waals surface area contributed by atoms with Crippen molar-refractivity contribution in [1.82, 2.24) is 15.3 Å². The maximum atomic E-state index is 13.9. The number of nitrogens with one attached hydrogen (secondary N) is 2. The molecule has 4 rings (SSSR count). The molecule has 2 heterocycles. The highest BCUT2D eigenvalue weighted by molar-refractivity contribution is 5.82. The van der Waals surface area contributed by atoms with Crippen LogP contribution in [0.4, 0.5) is 4.39 Å².